The van der Waals surface area contributed by atoms with Crippen LogP contribution < -0.4 is 0 Å². The van der Waals surface area contributed by atoms with Crippen molar-refractivity contribution in [1.29, 1.82) is 5.41 Å². The number of fused-ring (bicyclic) bond motifs is 1. The molecule has 2 aromatic rings. The molecule has 6 nitrogen and oxygen atoms in total. The average Bonchev–Trinajstić information content (AvgIpc) is 3.27. The summed E-state index contributed by atoms with van der Waals surface area (Å²) in [7, 11) is 0. The summed E-state index contributed by atoms with van der Waals surface area (Å²) in [6.07, 6.45) is 2.21. The number of thioether (sulfide) groups is 1. The number of rotatable bonds is 4. The van der Waals surface area contributed by atoms with E-state index in [9.17, 15) is 9.18 Å². The molecule has 0 fully saturated rings. The van der Waals surface area contributed by atoms with Gasteiger partial charge in [-0.2, -0.15) is 15.1 Å². The Labute approximate surface area is 175 Å². The van der Waals surface area contributed by atoms with Gasteiger partial charge in [-0.25, -0.2) is 4.39 Å². The highest BCUT2D eigenvalue weighted by Crippen LogP contribution is 2.31. The number of nitrogens with zero attached hydrogens (tertiary/aromatic N) is 3. The minimum atomic E-state index is -0.516. The number of hydrazone groups is 1. The maximum Gasteiger partial charge on any atom is 0.283 e. The second-order valence-corrected chi connectivity index (χ2v) is 8.39. The van der Waals surface area contributed by atoms with Crippen LogP contribution in [0, 0.1) is 17.1 Å². The fourth-order valence-corrected chi connectivity index (χ4v) is 4.12. The number of amidine groups is 2. The first-order chi connectivity index (χ1) is 13.8. The zero-order chi connectivity index (χ0) is 20.7. The van der Waals surface area contributed by atoms with E-state index in [-0.39, 0.29) is 16.4 Å². The smallest absolute Gasteiger partial charge is 0.283 e. The van der Waals surface area contributed by atoms with E-state index < -0.39 is 11.7 Å². The van der Waals surface area contributed by atoms with Gasteiger partial charge in [-0.1, -0.05) is 25.4 Å². The summed E-state index contributed by atoms with van der Waals surface area (Å²) in [4.78, 5) is 16.5. The number of halogens is 2. The molecular formula is C20H16ClFN4O2S. The summed E-state index contributed by atoms with van der Waals surface area (Å²) >= 11 is 7.14. The number of nitrogens with one attached hydrogen (secondary N) is 1. The van der Waals surface area contributed by atoms with Gasteiger partial charge in [0.05, 0.1) is 10.6 Å². The summed E-state index contributed by atoms with van der Waals surface area (Å²) in [5.74, 6) is 0.161. The highest BCUT2D eigenvalue weighted by atomic mass is 35.5. The Morgan fingerprint density at radius 2 is 2.14 bits per heavy atom. The third-order valence-corrected chi connectivity index (χ3v) is 5.42. The van der Waals surface area contributed by atoms with Crippen LogP contribution >= 0.6 is 23.4 Å². The van der Waals surface area contributed by atoms with Crippen molar-refractivity contribution < 1.29 is 13.6 Å². The molecule has 1 amide bonds. The van der Waals surface area contributed by atoms with Crippen LogP contribution in [0.3, 0.4) is 0 Å². The third-order valence-electron chi connectivity index (χ3n) is 4.20. The summed E-state index contributed by atoms with van der Waals surface area (Å²) in [5, 5.41) is 15.4. The fraction of sp³-hybridized carbons (Fsp3) is 0.200. The van der Waals surface area contributed by atoms with E-state index in [2.05, 4.69) is 23.9 Å². The first-order valence-corrected chi connectivity index (χ1v) is 10.1. The summed E-state index contributed by atoms with van der Waals surface area (Å²) in [6, 6.07) is 7.61. The van der Waals surface area contributed by atoms with Crippen LogP contribution in [-0.2, 0) is 4.79 Å². The van der Waals surface area contributed by atoms with E-state index in [1.165, 1.54) is 35.0 Å². The van der Waals surface area contributed by atoms with Gasteiger partial charge in [-0.05, 0) is 54.1 Å². The van der Waals surface area contributed by atoms with Gasteiger partial charge in [0.15, 0.2) is 5.84 Å². The predicted molar refractivity (Wildman–Crippen MR) is 114 cm³/mol. The molecule has 1 aromatic carbocycles. The SMILES string of the molecule is CC(C)CC1=NN2C(=N)/C(=C/c3ccc(-c4ccc(F)c(Cl)c4)o3)C(=O)N=C2S1. The van der Waals surface area contributed by atoms with Gasteiger partial charge in [0.2, 0.25) is 5.17 Å². The molecule has 2 aliphatic rings. The van der Waals surface area contributed by atoms with Gasteiger partial charge < -0.3 is 4.42 Å². The lowest BCUT2D eigenvalue weighted by molar-refractivity contribution is -0.114. The van der Waals surface area contributed by atoms with Gasteiger partial charge in [-0.3, -0.25) is 10.2 Å². The van der Waals surface area contributed by atoms with E-state index in [0.717, 1.165) is 11.5 Å². The minimum Gasteiger partial charge on any atom is -0.457 e. The molecule has 29 heavy (non-hydrogen) atoms. The van der Waals surface area contributed by atoms with Crippen LogP contribution in [-0.4, -0.2) is 27.0 Å². The van der Waals surface area contributed by atoms with E-state index in [1.54, 1.807) is 18.2 Å². The number of benzene rings is 1. The molecule has 0 saturated carbocycles. The highest BCUT2D eigenvalue weighted by Gasteiger charge is 2.35. The third kappa shape index (κ3) is 3.90. The van der Waals surface area contributed by atoms with Crippen molar-refractivity contribution in [3.63, 3.8) is 0 Å². The van der Waals surface area contributed by atoms with Gasteiger partial charge in [0.1, 0.15) is 22.4 Å². The maximum absolute atomic E-state index is 13.4. The van der Waals surface area contributed by atoms with Crippen LogP contribution in [0.2, 0.25) is 5.02 Å². The molecule has 1 aromatic heterocycles. The molecule has 1 N–H and O–H groups in total. The molecule has 3 heterocycles. The molecule has 4 rings (SSSR count). The van der Waals surface area contributed by atoms with Crippen LogP contribution in [0.5, 0.6) is 0 Å². The largest absolute Gasteiger partial charge is 0.457 e. The monoisotopic (exact) mass is 430 g/mol. The zero-order valence-corrected chi connectivity index (χ0v) is 17.1. The number of furan rings is 1. The van der Waals surface area contributed by atoms with Crippen LogP contribution in [0.1, 0.15) is 26.0 Å². The minimum absolute atomic E-state index is 0.00787. The molecular weight excluding hydrogens is 415 g/mol. The first kappa shape index (κ1) is 19.6. The van der Waals surface area contributed by atoms with Crippen molar-refractivity contribution in [2.75, 3.05) is 0 Å². The Morgan fingerprint density at radius 1 is 1.34 bits per heavy atom. The molecule has 0 saturated heterocycles. The maximum atomic E-state index is 13.4. The van der Waals surface area contributed by atoms with Crippen LogP contribution in [0.25, 0.3) is 17.4 Å². The summed E-state index contributed by atoms with van der Waals surface area (Å²) < 4.78 is 19.1. The lowest BCUT2D eigenvalue weighted by atomic mass is 10.1. The Bertz CT molecular complexity index is 1120. The van der Waals surface area contributed by atoms with Crippen LogP contribution in [0.4, 0.5) is 4.39 Å². The van der Waals surface area contributed by atoms with E-state index in [0.29, 0.717) is 28.2 Å². The predicted octanol–water partition coefficient (Wildman–Crippen LogP) is 5.40. The van der Waals surface area contributed by atoms with Crippen molar-refractivity contribution >= 4 is 51.4 Å². The highest BCUT2D eigenvalue weighted by molar-refractivity contribution is 8.26. The summed E-state index contributed by atoms with van der Waals surface area (Å²) in [5.41, 5.74) is 0.687. The van der Waals surface area contributed by atoms with Gasteiger partial charge in [0.25, 0.3) is 5.91 Å². The van der Waals surface area contributed by atoms with Crippen molar-refractivity contribution in [3.05, 3.63) is 52.5 Å². The number of carbonyl (C=O) groups is 1. The van der Waals surface area contributed by atoms with Gasteiger partial charge >= 0.3 is 0 Å². The Balaban J connectivity index is 1.61. The summed E-state index contributed by atoms with van der Waals surface area (Å²) in [6.45, 7) is 4.15. The van der Waals surface area contributed by atoms with Crippen molar-refractivity contribution in [2.24, 2.45) is 16.0 Å². The molecule has 0 atom stereocenters. The topological polar surface area (TPSA) is 82.0 Å². The molecule has 0 spiro atoms. The van der Waals surface area contributed by atoms with Crippen molar-refractivity contribution in [3.8, 4) is 11.3 Å². The van der Waals surface area contributed by atoms with Crippen molar-refractivity contribution in [2.45, 2.75) is 20.3 Å². The quantitative estimate of drug-likeness (QED) is 0.658. The van der Waals surface area contributed by atoms with Crippen LogP contribution in [0.15, 0.2) is 50.4 Å². The van der Waals surface area contributed by atoms with E-state index in [4.69, 9.17) is 21.4 Å². The second-order valence-electron chi connectivity index (χ2n) is 6.94. The van der Waals surface area contributed by atoms with Gasteiger partial charge in [-0.15, -0.1) is 0 Å². The van der Waals surface area contributed by atoms with Crippen molar-refractivity contribution in [1.82, 2.24) is 5.01 Å². The number of hydrogen-bond donors (Lipinski definition) is 1. The Kier molecular flexibility index (Phi) is 5.14. The fourth-order valence-electron chi connectivity index (χ4n) is 2.84. The molecule has 148 valence electrons. The molecule has 0 unspecified atom stereocenters. The molecule has 9 heteroatoms. The molecule has 0 bridgehead atoms. The standard InChI is InChI=1S/C20H16ClFN4O2S/c1-10(2)7-17-25-26-18(23)13(19(27)24-20(26)29-17)9-12-4-6-16(28-12)11-3-5-15(22)14(21)8-11/h3-6,8-10,23H,7H2,1-2H3/b13-9-,23-18?. The number of aliphatic imine (C=N–C) groups is 1. The molecule has 2 aliphatic heterocycles. The lowest BCUT2D eigenvalue weighted by Crippen LogP contribution is -2.35. The molecule has 0 radical (unpaired) electrons. The number of amides is 1. The number of carbonyl (C=O) groups excluding carboxylic acids is 1. The first-order valence-electron chi connectivity index (χ1n) is 8.86. The second kappa shape index (κ2) is 7.61. The van der Waals surface area contributed by atoms with E-state index >= 15 is 0 Å². The Hall–Kier alpha value is -2.71. The zero-order valence-electron chi connectivity index (χ0n) is 15.6. The lowest BCUT2D eigenvalue weighted by Gasteiger charge is -2.19. The van der Waals surface area contributed by atoms with E-state index in [1.807, 2.05) is 0 Å². The average molecular weight is 431 g/mol. The normalized spacial score (nSPS) is 17.8. The van der Waals surface area contributed by atoms with Gasteiger partial charge in [0, 0.05) is 12.0 Å². The number of hydrogen-bond acceptors (Lipinski definition) is 5. The Morgan fingerprint density at radius 3 is 2.86 bits per heavy atom. The molecule has 0 aliphatic carbocycles.